The second-order valence-electron chi connectivity index (χ2n) is 3.44. The summed E-state index contributed by atoms with van der Waals surface area (Å²) in [7, 11) is 0. The lowest BCUT2D eigenvalue weighted by Gasteiger charge is -1.87. The topological polar surface area (TPSA) is 26.0 Å². The van der Waals surface area contributed by atoms with Crippen LogP contribution in [0.4, 0.5) is 0 Å². The van der Waals surface area contributed by atoms with Crippen molar-refractivity contribution in [1.82, 2.24) is 0 Å². The van der Waals surface area contributed by atoms with E-state index in [-0.39, 0.29) is 0 Å². The van der Waals surface area contributed by atoms with Crippen LogP contribution in [0.1, 0.15) is 19.8 Å². The predicted octanol–water partition coefficient (Wildman–Crippen LogP) is 0.990. The summed E-state index contributed by atoms with van der Waals surface area (Å²) in [5.74, 6) is 2.98. The van der Waals surface area contributed by atoms with Crippen molar-refractivity contribution in [2.75, 3.05) is 0 Å². The second-order valence-corrected chi connectivity index (χ2v) is 3.44. The molecule has 2 N–H and O–H groups in total. The molecule has 0 aromatic heterocycles. The fraction of sp³-hybridized carbons (Fsp3) is 1.00. The average Bonchev–Trinajstić information content (AvgIpc) is 2.47. The van der Waals surface area contributed by atoms with Crippen LogP contribution in [0.2, 0.25) is 0 Å². The van der Waals surface area contributed by atoms with E-state index < -0.39 is 0 Å². The lowest BCUT2D eigenvalue weighted by molar-refractivity contribution is 0.636. The molecule has 2 saturated carbocycles. The van der Waals surface area contributed by atoms with Gasteiger partial charge in [0.1, 0.15) is 0 Å². The summed E-state index contributed by atoms with van der Waals surface area (Å²) in [6.07, 6.45) is 2.77. The normalized spacial score (nSPS) is 60.8. The fourth-order valence-electron chi connectivity index (χ4n) is 1.68. The summed E-state index contributed by atoms with van der Waals surface area (Å²) in [6.45, 7) is 2.33. The third-order valence-electron chi connectivity index (χ3n) is 2.61. The van der Waals surface area contributed by atoms with Gasteiger partial charge >= 0.3 is 0 Å². The maximum absolute atomic E-state index is 5.67. The van der Waals surface area contributed by atoms with E-state index >= 15 is 0 Å². The summed E-state index contributed by atoms with van der Waals surface area (Å²) in [5, 5.41) is 0. The molecule has 2 aliphatic carbocycles. The van der Waals surface area contributed by atoms with Gasteiger partial charge in [0.05, 0.1) is 0 Å². The minimum Gasteiger partial charge on any atom is -0.327 e. The van der Waals surface area contributed by atoms with Crippen LogP contribution in [-0.4, -0.2) is 6.04 Å². The molecule has 0 aliphatic heterocycles. The van der Waals surface area contributed by atoms with Gasteiger partial charge in [0, 0.05) is 6.04 Å². The number of hydrogen-bond donors (Lipinski definition) is 1. The second kappa shape index (κ2) is 1.27. The van der Waals surface area contributed by atoms with Crippen LogP contribution in [0.15, 0.2) is 0 Å². The van der Waals surface area contributed by atoms with Crippen LogP contribution in [0.25, 0.3) is 0 Å². The minimum atomic E-state index is 0.588. The zero-order chi connectivity index (χ0) is 5.72. The van der Waals surface area contributed by atoms with Gasteiger partial charge in [-0.05, 0) is 30.6 Å². The van der Waals surface area contributed by atoms with E-state index in [9.17, 15) is 0 Å². The molecular formula is C7H13N. The van der Waals surface area contributed by atoms with Gasteiger partial charge < -0.3 is 5.73 Å². The first kappa shape index (κ1) is 4.80. The number of rotatable bonds is 1. The van der Waals surface area contributed by atoms with Crippen molar-refractivity contribution in [2.45, 2.75) is 25.8 Å². The molecule has 0 saturated heterocycles. The van der Waals surface area contributed by atoms with Crippen molar-refractivity contribution in [3.8, 4) is 0 Å². The van der Waals surface area contributed by atoms with Crippen molar-refractivity contribution in [1.29, 1.82) is 0 Å². The van der Waals surface area contributed by atoms with Gasteiger partial charge in [-0.3, -0.25) is 0 Å². The van der Waals surface area contributed by atoms with E-state index in [1.165, 1.54) is 12.8 Å². The Morgan fingerprint density at radius 3 is 1.88 bits per heavy atom. The largest absolute Gasteiger partial charge is 0.327 e. The summed E-state index contributed by atoms with van der Waals surface area (Å²) in [6, 6.07) is 0.588. The smallest absolute Gasteiger partial charge is 0.00738 e. The highest BCUT2D eigenvalue weighted by Crippen LogP contribution is 2.53. The first-order chi connectivity index (χ1) is 3.79. The lowest BCUT2D eigenvalue weighted by atomic mass is 10.2. The Bertz CT molecular complexity index is 97.0. The van der Waals surface area contributed by atoms with Gasteiger partial charge in [0.2, 0.25) is 0 Å². The van der Waals surface area contributed by atoms with E-state index in [1.54, 1.807) is 0 Å². The zero-order valence-corrected chi connectivity index (χ0v) is 5.30. The van der Waals surface area contributed by atoms with Gasteiger partial charge in [-0.25, -0.2) is 0 Å². The third kappa shape index (κ3) is 0.576. The molecule has 0 spiro atoms. The van der Waals surface area contributed by atoms with E-state index in [1.807, 2.05) is 0 Å². The molecule has 2 fully saturated rings. The molecule has 0 heterocycles. The molecular weight excluding hydrogens is 98.1 g/mol. The van der Waals surface area contributed by atoms with Gasteiger partial charge in [-0.1, -0.05) is 6.92 Å². The molecule has 1 heteroatoms. The standard InChI is InChI=1S/C7H13N/c1-4-2-5(4)6-3-7(6)8/h4-7H,2-3,8H2,1H3/t4-,5+,6+,7+/m1/s1. The molecule has 0 amide bonds. The Hall–Kier alpha value is -0.0400. The molecule has 0 bridgehead atoms. The third-order valence-corrected chi connectivity index (χ3v) is 2.61. The van der Waals surface area contributed by atoms with Crippen molar-refractivity contribution in [2.24, 2.45) is 23.5 Å². The molecule has 0 unspecified atom stereocenters. The Balaban J connectivity index is 1.86. The molecule has 46 valence electrons. The van der Waals surface area contributed by atoms with E-state index in [0.717, 1.165) is 17.8 Å². The maximum Gasteiger partial charge on any atom is 0.00738 e. The molecule has 1 nitrogen and oxygen atoms in total. The molecule has 0 aromatic carbocycles. The minimum absolute atomic E-state index is 0.588. The fourth-order valence-corrected chi connectivity index (χ4v) is 1.68. The predicted molar refractivity (Wildman–Crippen MR) is 33.4 cm³/mol. The molecule has 8 heavy (non-hydrogen) atoms. The van der Waals surface area contributed by atoms with Crippen LogP contribution in [0.5, 0.6) is 0 Å². The van der Waals surface area contributed by atoms with Crippen LogP contribution >= 0.6 is 0 Å². The van der Waals surface area contributed by atoms with Crippen molar-refractivity contribution in [3.05, 3.63) is 0 Å². The Kier molecular flexibility index (Phi) is 0.762. The van der Waals surface area contributed by atoms with Crippen molar-refractivity contribution < 1.29 is 0 Å². The van der Waals surface area contributed by atoms with E-state index in [0.29, 0.717) is 6.04 Å². The van der Waals surface area contributed by atoms with Crippen LogP contribution in [-0.2, 0) is 0 Å². The molecule has 2 aliphatic rings. The van der Waals surface area contributed by atoms with Crippen molar-refractivity contribution in [3.63, 3.8) is 0 Å². The summed E-state index contributed by atoms with van der Waals surface area (Å²) in [5.41, 5.74) is 5.67. The highest BCUT2D eigenvalue weighted by Gasteiger charge is 2.49. The van der Waals surface area contributed by atoms with Gasteiger partial charge in [-0.2, -0.15) is 0 Å². The van der Waals surface area contributed by atoms with E-state index in [4.69, 9.17) is 5.73 Å². The Morgan fingerprint density at radius 2 is 1.75 bits per heavy atom. The van der Waals surface area contributed by atoms with E-state index in [2.05, 4.69) is 6.92 Å². The number of nitrogens with two attached hydrogens (primary N) is 1. The van der Waals surface area contributed by atoms with Gasteiger partial charge in [0.15, 0.2) is 0 Å². The summed E-state index contributed by atoms with van der Waals surface area (Å²) >= 11 is 0. The molecule has 0 aromatic rings. The van der Waals surface area contributed by atoms with Gasteiger partial charge in [-0.15, -0.1) is 0 Å². The number of hydrogen-bond acceptors (Lipinski definition) is 1. The first-order valence-corrected chi connectivity index (χ1v) is 3.54. The Morgan fingerprint density at radius 1 is 1.25 bits per heavy atom. The lowest BCUT2D eigenvalue weighted by Crippen LogP contribution is -2.02. The quantitative estimate of drug-likeness (QED) is 0.536. The van der Waals surface area contributed by atoms with Crippen LogP contribution in [0.3, 0.4) is 0 Å². The van der Waals surface area contributed by atoms with Crippen LogP contribution in [0, 0.1) is 17.8 Å². The maximum atomic E-state index is 5.67. The summed E-state index contributed by atoms with van der Waals surface area (Å²) < 4.78 is 0. The highest BCUT2D eigenvalue weighted by molar-refractivity contribution is 5.02. The van der Waals surface area contributed by atoms with Crippen molar-refractivity contribution >= 4 is 0 Å². The monoisotopic (exact) mass is 111 g/mol. The van der Waals surface area contributed by atoms with Gasteiger partial charge in [0.25, 0.3) is 0 Å². The van der Waals surface area contributed by atoms with Crippen LogP contribution < -0.4 is 5.73 Å². The summed E-state index contributed by atoms with van der Waals surface area (Å²) in [4.78, 5) is 0. The highest BCUT2D eigenvalue weighted by atomic mass is 14.8. The Labute approximate surface area is 50.3 Å². The SMILES string of the molecule is C[C@@H]1C[C@@H]1[C@@H]1C[C@@H]1N. The molecule has 2 rings (SSSR count). The molecule has 4 atom stereocenters. The first-order valence-electron chi connectivity index (χ1n) is 3.54. The average molecular weight is 111 g/mol. The zero-order valence-electron chi connectivity index (χ0n) is 5.30. The molecule has 0 radical (unpaired) electrons.